The van der Waals surface area contributed by atoms with Gasteiger partial charge in [0.05, 0.1) is 16.3 Å². The molecule has 0 aliphatic rings. The Labute approximate surface area is 161 Å². The van der Waals surface area contributed by atoms with Gasteiger partial charge < -0.3 is 0 Å². The van der Waals surface area contributed by atoms with Gasteiger partial charge in [0.1, 0.15) is 16.7 Å². The van der Waals surface area contributed by atoms with E-state index in [0.717, 1.165) is 23.5 Å². The van der Waals surface area contributed by atoms with Crippen LogP contribution in [0.3, 0.4) is 0 Å². The van der Waals surface area contributed by atoms with Crippen LogP contribution in [0.25, 0.3) is 5.69 Å². The minimum Gasteiger partial charge on any atom is -0.292 e. The average Bonchev–Trinajstić information content (AvgIpc) is 2.57. The Morgan fingerprint density at radius 1 is 1.18 bits per heavy atom. The topological polar surface area (TPSA) is 105 Å². The van der Waals surface area contributed by atoms with Crippen molar-refractivity contribution in [3.63, 3.8) is 0 Å². The number of nitriles is 1. The summed E-state index contributed by atoms with van der Waals surface area (Å²) in [6, 6.07) is 3.54. The molecule has 0 radical (unpaired) electrons. The molecule has 2 rings (SSSR count). The highest BCUT2D eigenvalue weighted by Crippen LogP contribution is 2.29. The molecule has 0 amide bonds. The largest absolute Gasteiger partial charge is 0.431 e. The number of aromatic nitrogens is 2. The van der Waals surface area contributed by atoms with Gasteiger partial charge in [-0.05, 0) is 12.1 Å². The molecule has 0 spiro atoms. The Hall–Kier alpha value is -2.62. The predicted octanol–water partition coefficient (Wildman–Crippen LogP) is 1.33. The fourth-order valence-electron chi connectivity index (χ4n) is 2.33. The highest BCUT2D eigenvalue weighted by Gasteiger charge is 2.35. The van der Waals surface area contributed by atoms with Gasteiger partial charge in [0.2, 0.25) is 10.0 Å². The first-order valence-electron chi connectivity index (χ1n) is 7.30. The van der Waals surface area contributed by atoms with Crippen LogP contribution >= 0.6 is 11.6 Å². The molecule has 1 aromatic carbocycles. The van der Waals surface area contributed by atoms with Gasteiger partial charge in [-0.25, -0.2) is 22.1 Å². The van der Waals surface area contributed by atoms with Crippen LogP contribution < -0.4 is 11.2 Å². The molecule has 0 unspecified atom stereocenters. The van der Waals surface area contributed by atoms with Crippen LogP contribution in [0.1, 0.15) is 11.3 Å². The molecule has 0 saturated heterocycles. The fourth-order valence-corrected chi connectivity index (χ4v) is 3.62. The van der Waals surface area contributed by atoms with Gasteiger partial charge in [-0.2, -0.15) is 18.4 Å². The van der Waals surface area contributed by atoms with E-state index in [-0.39, 0.29) is 21.2 Å². The molecule has 0 bridgehead atoms. The molecule has 2 aromatic rings. The van der Waals surface area contributed by atoms with E-state index in [1.54, 1.807) is 6.07 Å². The van der Waals surface area contributed by atoms with Crippen LogP contribution in [0.15, 0.2) is 32.7 Å². The summed E-state index contributed by atoms with van der Waals surface area (Å²) in [6.45, 7) is 0. The quantitative estimate of drug-likeness (QED) is 0.721. The molecule has 150 valence electrons. The monoisotopic (exact) mass is 436 g/mol. The molecule has 0 atom stereocenters. The highest BCUT2D eigenvalue weighted by atomic mass is 35.5. The van der Waals surface area contributed by atoms with Gasteiger partial charge in [0.15, 0.2) is 0 Å². The minimum absolute atomic E-state index is 0.191. The molecule has 0 N–H and O–H groups in total. The van der Waals surface area contributed by atoms with E-state index in [1.165, 1.54) is 14.1 Å². The van der Waals surface area contributed by atoms with Crippen LogP contribution in [0.4, 0.5) is 13.2 Å². The SMILES string of the molecule is CN(C)S(=O)(=O)c1cc(-n2c(=O)cc(C(F)(F)F)n(C)c2=O)c(Cl)cc1C#N. The summed E-state index contributed by atoms with van der Waals surface area (Å²) < 4.78 is 65.1. The maximum Gasteiger partial charge on any atom is 0.431 e. The number of sulfonamides is 1. The Bertz CT molecular complexity index is 1220. The number of rotatable bonds is 3. The lowest BCUT2D eigenvalue weighted by atomic mass is 10.2. The van der Waals surface area contributed by atoms with Gasteiger partial charge >= 0.3 is 11.9 Å². The van der Waals surface area contributed by atoms with Crippen LogP contribution in [-0.4, -0.2) is 36.0 Å². The molecule has 1 heterocycles. The van der Waals surface area contributed by atoms with E-state index in [9.17, 15) is 36.4 Å². The Morgan fingerprint density at radius 2 is 1.75 bits per heavy atom. The summed E-state index contributed by atoms with van der Waals surface area (Å²) in [5.41, 5.74) is -5.07. The normalized spacial score (nSPS) is 12.2. The number of nitrogens with zero attached hydrogens (tertiary/aromatic N) is 4. The predicted molar refractivity (Wildman–Crippen MR) is 92.9 cm³/mol. The first kappa shape index (κ1) is 21.7. The molecule has 13 heteroatoms. The molecule has 28 heavy (non-hydrogen) atoms. The molecule has 0 aliphatic carbocycles. The van der Waals surface area contributed by atoms with Crippen molar-refractivity contribution in [3.8, 4) is 11.8 Å². The summed E-state index contributed by atoms with van der Waals surface area (Å²) in [4.78, 5) is 24.1. The van der Waals surface area contributed by atoms with Crippen molar-refractivity contribution < 1.29 is 21.6 Å². The van der Waals surface area contributed by atoms with E-state index in [4.69, 9.17) is 11.6 Å². The van der Waals surface area contributed by atoms with Gasteiger partial charge in [0.25, 0.3) is 5.56 Å². The van der Waals surface area contributed by atoms with Crippen LogP contribution in [0.5, 0.6) is 0 Å². The standard InChI is InChI=1S/C15H12ClF3N4O4S/c1-21(2)28(26,27)11-5-10(9(16)4-8(11)7-20)23-13(24)6-12(15(17,18)19)22(3)14(23)25/h4-6H,1-3H3. The van der Waals surface area contributed by atoms with Crippen LogP contribution in [-0.2, 0) is 23.2 Å². The van der Waals surface area contributed by atoms with Crippen molar-refractivity contribution in [1.29, 1.82) is 5.26 Å². The van der Waals surface area contributed by atoms with Crippen molar-refractivity contribution in [2.24, 2.45) is 7.05 Å². The Morgan fingerprint density at radius 3 is 2.21 bits per heavy atom. The molecule has 0 fully saturated rings. The first-order chi connectivity index (χ1) is 12.7. The highest BCUT2D eigenvalue weighted by molar-refractivity contribution is 7.89. The van der Waals surface area contributed by atoms with Gasteiger partial charge in [-0.3, -0.25) is 9.36 Å². The number of alkyl halides is 3. The van der Waals surface area contributed by atoms with Crippen LogP contribution in [0, 0.1) is 11.3 Å². The zero-order valence-electron chi connectivity index (χ0n) is 14.6. The second-order valence-electron chi connectivity index (χ2n) is 5.74. The summed E-state index contributed by atoms with van der Waals surface area (Å²) in [6.07, 6.45) is -4.96. The van der Waals surface area contributed by atoms with Crippen molar-refractivity contribution in [3.05, 3.63) is 55.3 Å². The van der Waals surface area contributed by atoms with E-state index in [2.05, 4.69) is 0 Å². The maximum atomic E-state index is 13.0. The average molecular weight is 437 g/mol. The third kappa shape index (κ3) is 3.56. The number of hydrogen-bond donors (Lipinski definition) is 0. The third-order valence-corrected chi connectivity index (χ3v) is 5.94. The second-order valence-corrected chi connectivity index (χ2v) is 8.27. The van der Waals surface area contributed by atoms with E-state index in [1.807, 2.05) is 0 Å². The maximum absolute atomic E-state index is 13.0. The van der Waals surface area contributed by atoms with Crippen molar-refractivity contribution in [2.45, 2.75) is 11.1 Å². The van der Waals surface area contributed by atoms with E-state index in [0.29, 0.717) is 4.57 Å². The van der Waals surface area contributed by atoms with Crippen molar-refractivity contribution in [1.82, 2.24) is 13.4 Å². The van der Waals surface area contributed by atoms with E-state index < -0.39 is 43.7 Å². The second kappa shape index (κ2) is 7.08. The fraction of sp³-hybridized carbons (Fsp3) is 0.267. The molecule has 8 nitrogen and oxygen atoms in total. The summed E-state index contributed by atoms with van der Waals surface area (Å²) in [5.74, 6) is 0. The zero-order chi connectivity index (χ0) is 21.6. The number of halogens is 4. The van der Waals surface area contributed by atoms with Crippen molar-refractivity contribution in [2.75, 3.05) is 14.1 Å². The summed E-state index contributed by atoms with van der Waals surface area (Å²) >= 11 is 5.98. The number of hydrogen-bond acceptors (Lipinski definition) is 5. The van der Waals surface area contributed by atoms with E-state index >= 15 is 0 Å². The van der Waals surface area contributed by atoms with Gasteiger partial charge in [-0.1, -0.05) is 11.6 Å². The molecular formula is C15H12ClF3N4O4S. The van der Waals surface area contributed by atoms with Gasteiger partial charge in [0, 0.05) is 27.2 Å². The molecule has 0 saturated carbocycles. The Kier molecular flexibility index (Phi) is 5.48. The lowest BCUT2D eigenvalue weighted by Gasteiger charge is -2.17. The van der Waals surface area contributed by atoms with Gasteiger partial charge in [-0.15, -0.1) is 0 Å². The molecular weight excluding hydrogens is 425 g/mol. The smallest absolute Gasteiger partial charge is 0.292 e. The third-order valence-electron chi connectivity index (χ3n) is 3.78. The summed E-state index contributed by atoms with van der Waals surface area (Å²) in [5, 5.41) is 8.81. The molecule has 0 aliphatic heterocycles. The van der Waals surface area contributed by atoms with Crippen molar-refractivity contribution >= 4 is 21.6 Å². The van der Waals surface area contributed by atoms with Crippen LogP contribution in [0.2, 0.25) is 5.02 Å². The lowest BCUT2D eigenvalue weighted by molar-refractivity contribution is -0.144. The number of benzene rings is 1. The first-order valence-corrected chi connectivity index (χ1v) is 9.12. The Balaban J connectivity index is 2.96. The summed E-state index contributed by atoms with van der Waals surface area (Å²) in [7, 11) is -1.01. The molecule has 1 aromatic heterocycles. The lowest BCUT2D eigenvalue weighted by Crippen LogP contribution is -2.41. The minimum atomic E-state index is -4.96. The zero-order valence-corrected chi connectivity index (χ0v) is 16.1.